The lowest BCUT2D eigenvalue weighted by Gasteiger charge is -2.13. The Hall–Kier alpha value is -1.75. The second-order valence-corrected chi connectivity index (χ2v) is 6.39. The predicted octanol–water partition coefficient (Wildman–Crippen LogP) is 3.53. The van der Waals surface area contributed by atoms with Crippen molar-refractivity contribution in [3.63, 3.8) is 0 Å². The molecule has 0 spiro atoms. The quantitative estimate of drug-likeness (QED) is 0.801. The maximum absolute atomic E-state index is 13.0. The van der Waals surface area contributed by atoms with Gasteiger partial charge in [0.05, 0.1) is 16.9 Å². The molecule has 0 aliphatic carbocycles. The minimum atomic E-state index is -4.63. The summed E-state index contributed by atoms with van der Waals surface area (Å²) < 4.78 is 38.9. The molecule has 23 heavy (non-hydrogen) atoms. The number of halogens is 3. The van der Waals surface area contributed by atoms with Crippen molar-refractivity contribution in [2.24, 2.45) is 5.92 Å². The van der Waals surface area contributed by atoms with Crippen molar-refractivity contribution >= 4 is 17.7 Å². The highest BCUT2D eigenvalue weighted by atomic mass is 32.2. The maximum atomic E-state index is 13.0. The largest absolute Gasteiger partial charge is 0.417 e. The third-order valence-electron chi connectivity index (χ3n) is 2.92. The first kappa shape index (κ1) is 19.3. The van der Waals surface area contributed by atoms with Gasteiger partial charge in [-0.15, -0.1) is 0 Å². The molecule has 1 aromatic heterocycles. The van der Waals surface area contributed by atoms with Gasteiger partial charge in [0.2, 0.25) is 5.91 Å². The van der Waals surface area contributed by atoms with E-state index in [0.717, 1.165) is 24.2 Å². The number of hydrogen-bond donors (Lipinski definition) is 1. The van der Waals surface area contributed by atoms with Gasteiger partial charge in [-0.05, 0) is 25.3 Å². The van der Waals surface area contributed by atoms with Crippen LogP contribution >= 0.6 is 11.8 Å². The standard InChI is InChI=1S/C15H18F3N3OS/c1-9(2)4-5-20-13(22)8-23-14-11(7-19)12(15(16,17)18)6-10(3)21-14/h6,9H,4-5,8H2,1-3H3,(H,20,22). The highest BCUT2D eigenvalue weighted by molar-refractivity contribution is 8.00. The molecule has 8 heteroatoms. The molecular weight excluding hydrogens is 327 g/mol. The van der Waals surface area contributed by atoms with Crippen LogP contribution in [-0.2, 0) is 11.0 Å². The number of thioether (sulfide) groups is 1. The molecule has 0 aromatic carbocycles. The number of carbonyl (C=O) groups is 1. The maximum Gasteiger partial charge on any atom is 0.417 e. The zero-order valence-corrected chi connectivity index (χ0v) is 13.9. The summed E-state index contributed by atoms with van der Waals surface area (Å²) in [6.45, 7) is 5.98. The Bertz CT molecular complexity index is 609. The van der Waals surface area contributed by atoms with Crippen LogP contribution in [0.2, 0.25) is 0 Å². The van der Waals surface area contributed by atoms with Gasteiger partial charge in [0.1, 0.15) is 11.1 Å². The third-order valence-corrected chi connectivity index (χ3v) is 3.89. The van der Waals surface area contributed by atoms with Crippen LogP contribution < -0.4 is 5.32 Å². The Morgan fingerprint density at radius 3 is 2.65 bits per heavy atom. The highest BCUT2D eigenvalue weighted by Crippen LogP contribution is 2.35. The topological polar surface area (TPSA) is 65.8 Å². The van der Waals surface area contributed by atoms with Crippen LogP contribution in [0.4, 0.5) is 13.2 Å². The van der Waals surface area contributed by atoms with Crippen LogP contribution in [0.3, 0.4) is 0 Å². The van der Waals surface area contributed by atoms with E-state index in [-0.39, 0.29) is 22.4 Å². The summed E-state index contributed by atoms with van der Waals surface area (Å²) in [5.74, 6) is 0.0675. The summed E-state index contributed by atoms with van der Waals surface area (Å²) >= 11 is 0.837. The van der Waals surface area contributed by atoms with Crippen LogP contribution in [0.1, 0.15) is 37.1 Å². The molecular formula is C15H18F3N3OS. The fraction of sp³-hybridized carbons (Fsp3) is 0.533. The Labute approximate surface area is 137 Å². The molecule has 0 radical (unpaired) electrons. The molecule has 4 nitrogen and oxygen atoms in total. The van der Waals surface area contributed by atoms with Crippen LogP contribution in [-0.4, -0.2) is 23.2 Å². The molecule has 0 saturated heterocycles. The first-order chi connectivity index (χ1) is 10.6. The summed E-state index contributed by atoms with van der Waals surface area (Å²) in [6.07, 6.45) is -3.81. The van der Waals surface area contributed by atoms with Crippen molar-refractivity contribution in [1.29, 1.82) is 5.26 Å². The zero-order valence-electron chi connectivity index (χ0n) is 13.1. The van der Waals surface area contributed by atoms with Gasteiger partial charge in [-0.2, -0.15) is 18.4 Å². The predicted molar refractivity (Wildman–Crippen MR) is 81.9 cm³/mol. The molecule has 0 aliphatic heterocycles. The average molecular weight is 345 g/mol. The summed E-state index contributed by atoms with van der Waals surface area (Å²) in [6, 6.07) is 2.38. The van der Waals surface area contributed by atoms with E-state index in [1.807, 2.05) is 13.8 Å². The van der Waals surface area contributed by atoms with Crippen LogP contribution in [0, 0.1) is 24.2 Å². The Morgan fingerprint density at radius 2 is 2.13 bits per heavy atom. The lowest BCUT2D eigenvalue weighted by Crippen LogP contribution is -2.27. The lowest BCUT2D eigenvalue weighted by molar-refractivity contribution is -0.138. The van der Waals surface area contributed by atoms with Gasteiger partial charge in [0.15, 0.2) is 0 Å². The number of alkyl halides is 3. The lowest BCUT2D eigenvalue weighted by atomic mass is 10.1. The van der Waals surface area contributed by atoms with E-state index in [9.17, 15) is 18.0 Å². The van der Waals surface area contributed by atoms with E-state index in [4.69, 9.17) is 5.26 Å². The second-order valence-electron chi connectivity index (χ2n) is 5.42. The van der Waals surface area contributed by atoms with Crippen LogP contribution in [0.15, 0.2) is 11.1 Å². The SMILES string of the molecule is Cc1cc(C(F)(F)F)c(C#N)c(SCC(=O)NCCC(C)C)n1. The first-order valence-corrected chi connectivity index (χ1v) is 8.02. The summed E-state index contributed by atoms with van der Waals surface area (Å²) in [5.41, 5.74) is -1.41. The van der Waals surface area contributed by atoms with Gasteiger partial charge in [0, 0.05) is 12.2 Å². The number of aryl methyl sites for hydroxylation is 1. The number of nitriles is 1. The molecule has 0 saturated carbocycles. The Morgan fingerprint density at radius 1 is 1.48 bits per heavy atom. The summed E-state index contributed by atoms with van der Waals surface area (Å²) in [5, 5.41) is 11.6. The number of pyridine rings is 1. The Kier molecular flexibility index (Phi) is 6.88. The van der Waals surface area contributed by atoms with E-state index >= 15 is 0 Å². The van der Waals surface area contributed by atoms with Crippen molar-refractivity contribution in [1.82, 2.24) is 10.3 Å². The van der Waals surface area contributed by atoms with Gasteiger partial charge in [0.25, 0.3) is 0 Å². The van der Waals surface area contributed by atoms with Gasteiger partial charge < -0.3 is 5.32 Å². The molecule has 0 fully saturated rings. The number of aromatic nitrogens is 1. The molecule has 1 aromatic rings. The fourth-order valence-corrected chi connectivity index (χ4v) is 2.64. The number of hydrogen-bond acceptors (Lipinski definition) is 4. The monoisotopic (exact) mass is 345 g/mol. The van der Waals surface area contributed by atoms with E-state index in [0.29, 0.717) is 12.5 Å². The molecule has 0 aliphatic rings. The summed E-state index contributed by atoms with van der Waals surface area (Å²) in [4.78, 5) is 15.7. The van der Waals surface area contributed by atoms with E-state index in [1.165, 1.54) is 6.92 Å². The Balaban J connectivity index is 2.83. The average Bonchev–Trinajstić information content (AvgIpc) is 2.43. The normalized spacial score (nSPS) is 11.4. The third kappa shape index (κ3) is 6.10. The number of nitrogens with zero attached hydrogens (tertiary/aromatic N) is 2. The van der Waals surface area contributed by atoms with Crippen LogP contribution in [0.5, 0.6) is 0 Å². The van der Waals surface area contributed by atoms with Crippen molar-refractivity contribution < 1.29 is 18.0 Å². The van der Waals surface area contributed by atoms with Gasteiger partial charge in [-0.25, -0.2) is 4.98 Å². The van der Waals surface area contributed by atoms with Crippen molar-refractivity contribution in [3.05, 3.63) is 22.9 Å². The smallest absolute Gasteiger partial charge is 0.355 e. The van der Waals surface area contributed by atoms with Crippen molar-refractivity contribution in [3.8, 4) is 6.07 Å². The van der Waals surface area contributed by atoms with E-state index in [1.54, 1.807) is 6.07 Å². The summed E-state index contributed by atoms with van der Waals surface area (Å²) in [7, 11) is 0. The second kappa shape index (κ2) is 8.20. The fourth-order valence-electron chi connectivity index (χ4n) is 1.77. The number of amides is 1. The molecule has 126 valence electrons. The van der Waals surface area contributed by atoms with E-state index < -0.39 is 17.3 Å². The van der Waals surface area contributed by atoms with Gasteiger partial charge in [-0.1, -0.05) is 25.6 Å². The van der Waals surface area contributed by atoms with Crippen molar-refractivity contribution in [2.75, 3.05) is 12.3 Å². The van der Waals surface area contributed by atoms with E-state index in [2.05, 4.69) is 10.3 Å². The van der Waals surface area contributed by atoms with Gasteiger partial charge >= 0.3 is 6.18 Å². The molecule has 1 N–H and O–H groups in total. The number of rotatable bonds is 6. The molecule has 0 atom stereocenters. The first-order valence-electron chi connectivity index (χ1n) is 7.03. The van der Waals surface area contributed by atoms with Gasteiger partial charge in [-0.3, -0.25) is 4.79 Å². The zero-order chi connectivity index (χ0) is 17.6. The molecule has 0 bridgehead atoms. The highest BCUT2D eigenvalue weighted by Gasteiger charge is 2.35. The molecule has 1 heterocycles. The minimum Gasteiger partial charge on any atom is -0.355 e. The number of nitrogens with one attached hydrogen (secondary N) is 1. The molecule has 0 unspecified atom stereocenters. The minimum absolute atomic E-state index is 0.0705. The number of carbonyl (C=O) groups excluding carboxylic acids is 1. The van der Waals surface area contributed by atoms with Crippen LogP contribution in [0.25, 0.3) is 0 Å². The molecule has 1 rings (SSSR count). The van der Waals surface area contributed by atoms with Crippen molar-refractivity contribution in [2.45, 2.75) is 38.4 Å². The molecule has 1 amide bonds.